The summed E-state index contributed by atoms with van der Waals surface area (Å²) >= 11 is 6.04. The van der Waals surface area contributed by atoms with Gasteiger partial charge < -0.3 is 20.5 Å². The van der Waals surface area contributed by atoms with E-state index in [2.05, 4.69) is 15.6 Å². The van der Waals surface area contributed by atoms with Gasteiger partial charge in [-0.2, -0.15) is 4.98 Å². The molecule has 0 spiro atoms. The number of halogens is 1. The normalized spacial score (nSPS) is 14.8. The highest BCUT2D eigenvalue weighted by molar-refractivity contribution is 6.30. The average Bonchev–Trinajstić information content (AvgIpc) is 3.28. The molecule has 1 unspecified atom stereocenters. The smallest absolute Gasteiger partial charge is 0.255 e. The molecule has 9 heteroatoms. The zero-order valence-electron chi connectivity index (χ0n) is 19.0. The lowest BCUT2D eigenvalue weighted by molar-refractivity contribution is -0.113. The minimum atomic E-state index is -0.588. The van der Waals surface area contributed by atoms with Crippen molar-refractivity contribution in [3.8, 4) is 22.9 Å². The van der Waals surface area contributed by atoms with Crippen LogP contribution in [0.2, 0.25) is 5.02 Å². The van der Waals surface area contributed by atoms with E-state index >= 15 is 0 Å². The van der Waals surface area contributed by atoms with Gasteiger partial charge in [0.25, 0.3) is 5.91 Å². The van der Waals surface area contributed by atoms with E-state index < -0.39 is 6.04 Å². The van der Waals surface area contributed by atoms with Crippen LogP contribution in [-0.2, 0) is 4.79 Å². The first-order chi connectivity index (χ1) is 16.9. The number of ether oxygens (including phenoxy) is 1. The first-order valence-corrected chi connectivity index (χ1v) is 11.3. The van der Waals surface area contributed by atoms with E-state index in [4.69, 9.17) is 21.4 Å². The van der Waals surface area contributed by atoms with Crippen LogP contribution < -0.4 is 15.4 Å². The van der Waals surface area contributed by atoms with Crippen molar-refractivity contribution in [3.05, 3.63) is 94.7 Å². The summed E-state index contributed by atoms with van der Waals surface area (Å²) in [5.41, 5.74) is 3.21. The molecule has 0 saturated heterocycles. The van der Waals surface area contributed by atoms with Gasteiger partial charge in [-0.05, 0) is 61.0 Å². The average molecular weight is 488 g/mol. The molecule has 4 aromatic rings. The number of fused-ring (bicyclic) bond motifs is 1. The Bertz CT molecular complexity index is 1430. The fourth-order valence-electron chi connectivity index (χ4n) is 4.07. The molecule has 1 aliphatic heterocycles. The number of phenolic OH excluding ortho intramolecular Hbond substituents is 1. The molecule has 35 heavy (non-hydrogen) atoms. The largest absolute Gasteiger partial charge is 0.508 e. The van der Waals surface area contributed by atoms with Gasteiger partial charge in [0.2, 0.25) is 5.95 Å². The van der Waals surface area contributed by atoms with E-state index in [0.29, 0.717) is 39.5 Å². The molecule has 1 atom stereocenters. The zero-order chi connectivity index (χ0) is 24.5. The Labute approximate surface area is 206 Å². The fraction of sp³-hybridized carbons (Fsp3) is 0.115. The third kappa shape index (κ3) is 4.31. The fourth-order valence-corrected chi connectivity index (χ4v) is 4.19. The second-order valence-electron chi connectivity index (χ2n) is 8.02. The lowest BCUT2D eigenvalue weighted by atomic mass is 9.95. The van der Waals surface area contributed by atoms with Gasteiger partial charge in [-0.3, -0.25) is 4.79 Å². The van der Waals surface area contributed by atoms with Crippen molar-refractivity contribution in [2.45, 2.75) is 13.0 Å². The summed E-state index contributed by atoms with van der Waals surface area (Å²) in [7, 11) is 1.55. The number of phenols is 1. The second-order valence-corrected chi connectivity index (χ2v) is 8.46. The number of amides is 1. The summed E-state index contributed by atoms with van der Waals surface area (Å²) in [5.74, 6) is 1.36. The number of benzene rings is 3. The first kappa shape index (κ1) is 22.5. The third-order valence-corrected chi connectivity index (χ3v) is 6.02. The topological polar surface area (TPSA) is 101 Å². The highest BCUT2D eigenvalue weighted by Crippen LogP contribution is 2.38. The third-order valence-electron chi connectivity index (χ3n) is 5.76. The minimum Gasteiger partial charge on any atom is -0.508 e. The van der Waals surface area contributed by atoms with Gasteiger partial charge >= 0.3 is 0 Å². The first-order valence-electron chi connectivity index (χ1n) is 10.9. The number of anilines is 2. The molecule has 0 bridgehead atoms. The van der Waals surface area contributed by atoms with Gasteiger partial charge in [-0.25, -0.2) is 4.68 Å². The molecular formula is C26H22ClN5O3. The molecule has 3 N–H and O–H groups in total. The van der Waals surface area contributed by atoms with Gasteiger partial charge in [0.15, 0.2) is 5.82 Å². The molecule has 1 aliphatic rings. The minimum absolute atomic E-state index is 0.129. The Morgan fingerprint density at radius 1 is 1.09 bits per heavy atom. The van der Waals surface area contributed by atoms with E-state index in [1.165, 1.54) is 0 Å². The molecule has 0 aliphatic carbocycles. The predicted octanol–water partition coefficient (Wildman–Crippen LogP) is 5.24. The quantitative estimate of drug-likeness (QED) is 0.356. The van der Waals surface area contributed by atoms with E-state index in [1.54, 1.807) is 60.3 Å². The molecule has 1 aromatic heterocycles. The van der Waals surface area contributed by atoms with Crippen LogP contribution in [0.25, 0.3) is 11.4 Å². The van der Waals surface area contributed by atoms with Crippen molar-refractivity contribution in [1.82, 2.24) is 14.8 Å². The summed E-state index contributed by atoms with van der Waals surface area (Å²) in [6.07, 6.45) is 0. The molecule has 8 nitrogen and oxygen atoms in total. The number of methoxy groups -OCH3 is 1. The molecule has 0 fully saturated rings. The Balaban J connectivity index is 1.59. The van der Waals surface area contributed by atoms with Gasteiger partial charge in [0, 0.05) is 16.3 Å². The second kappa shape index (κ2) is 9.15. The maximum absolute atomic E-state index is 13.6. The number of aromatic hydroxyl groups is 1. The van der Waals surface area contributed by atoms with Crippen LogP contribution in [-0.4, -0.2) is 32.9 Å². The van der Waals surface area contributed by atoms with Crippen LogP contribution in [0.3, 0.4) is 0 Å². The lowest BCUT2D eigenvalue weighted by Gasteiger charge is -2.28. The Hall–Kier alpha value is -4.30. The number of carbonyl (C=O) groups excluding carboxylic acids is 1. The molecule has 0 radical (unpaired) electrons. The number of nitrogens with zero attached hydrogens (tertiary/aromatic N) is 3. The van der Waals surface area contributed by atoms with Crippen molar-refractivity contribution in [2.24, 2.45) is 0 Å². The SMILES string of the molecule is COc1ccccc1NC(=O)C1=C(C)Nc2nc(-c3ccc(Cl)cc3)nn2C1c1ccc(O)cc1. The maximum Gasteiger partial charge on any atom is 0.255 e. The summed E-state index contributed by atoms with van der Waals surface area (Å²) in [4.78, 5) is 18.3. The van der Waals surface area contributed by atoms with Crippen LogP contribution in [0.4, 0.5) is 11.6 Å². The van der Waals surface area contributed by atoms with Gasteiger partial charge in [-0.1, -0.05) is 35.9 Å². The number of nitrogens with one attached hydrogen (secondary N) is 2. The molecule has 176 valence electrons. The van der Waals surface area contributed by atoms with E-state index in [1.807, 2.05) is 31.2 Å². The monoisotopic (exact) mass is 487 g/mol. The number of para-hydroxylation sites is 2. The van der Waals surface area contributed by atoms with Gasteiger partial charge in [0.05, 0.1) is 18.4 Å². The van der Waals surface area contributed by atoms with E-state index in [-0.39, 0.29) is 11.7 Å². The number of hydrogen-bond acceptors (Lipinski definition) is 6. The number of hydrogen-bond donors (Lipinski definition) is 3. The van der Waals surface area contributed by atoms with E-state index in [0.717, 1.165) is 11.1 Å². The highest BCUT2D eigenvalue weighted by Gasteiger charge is 2.34. The number of allylic oxidation sites excluding steroid dienone is 1. The van der Waals surface area contributed by atoms with Crippen LogP contribution in [0.1, 0.15) is 18.5 Å². The van der Waals surface area contributed by atoms with E-state index in [9.17, 15) is 9.90 Å². The molecule has 1 amide bonds. The number of carbonyl (C=O) groups is 1. The summed E-state index contributed by atoms with van der Waals surface area (Å²) in [5, 5.41) is 21.4. The zero-order valence-corrected chi connectivity index (χ0v) is 19.7. The van der Waals surface area contributed by atoms with Crippen molar-refractivity contribution < 1.29 is 14.6 Å². The molecule has 5 rings (SSSR count). The molecule has 0 saturated carbocycles. The summed E-state index contributed by atoms with van der Waals surface area (Å²) in [6.45, 7) is 1.82. The van der Waals surface area contributed by atoms with Crippen molar-refractivity contribution >= 4 is 29.1 Å². The number of rotatable bonds is 5. The Morgan fingerprint density at radius 3 is 2.51 bits per heavy atom. The molecular weight excluding hydrogens is 466 g/mol. The van der Waals surface area contributed by atoms with Crippen molar-refractivity contribution in [2.75, 3.05) is 17.7 Å². The Kier molecular flexibility index (Phi) is 5.88. The Morgan fingerprint density at radius 2 is 1.80 bits per heavy atom. The van der Waals surface area contributed by atoms with Crippen LogP contribution in [0.15, 0.2) is 84.1 Å². The van der Waals surface area contributed by atoms with Crippen LogP contribution in [0, 0.1) is 0 Å². The van der Waals surface area contributed by atoms with Crippen LogP contribution in [0.5, 0.6) is 11.5 Å². The van der Waals surface area contributed by atoms with Crippen LogP contribution >= 0.6 is 11.6 Å². The standard InChI is InChI=1S/C26H22ClN5O3/c1-15-22(25(34)29-20-5-3-4-6-21(20)35-2)23(16-9-13-19(33)14-10-16)32-26(28-15)30-24(31-32)17-7-11-18(27)12-8-17/h3-14,23,33H,1-2H3,(H,29,34)(H,28,30,31). The van der Waals surface area contributed by atoms with Crippen molar-refractivity contribution in [3.63, 3.8) is 0 Å². The molecule has 3 aromatic carbocycles. The lowest BCUT2D eigenvalue weighted by Crippen LogP contribution is -2.31. The number of aromatic nitrogens is 3. The summed E-state index contributed by atoms with van der Waals surface area (Å²) < 4.78 is 7.07. The predicted molar refractivity (Wildman–Crippen MR) is 135 cm³/mol. The van der Waals surface area contributed by atoms with Gasteiger partial charge in [-0.15, -0.1) is 5.10 Å². The summed E-state index contributed by atoms with van der Waals surface area (Å²) in [6, 6.07) is 20.6. The highest BCUT2D eigenvalue weighted by atomic mass is 35.5. The van der Waals surface area contributed by atoms with Gasteiger partial charge in [0.1, 0.15) is 17.5 Å². The maximum atomic E-state index is 13.6. The molecule has 2 heterocycles. The van der Waals surface area contributed by atoms with Crippen molar-refractivity contribution in [1.29, 1.82) is 0 Å².